The zero-order valence-electron chi connectivity index (χ0n) is 22.8. The van der Waals surface area contributed by atoms with E-state index in [9.17, 15) is 13.2 Å². The summed E-state index contributed by atoms with van der Waals surface area (Å²) in [5, 5.41) is 4.03. The van der Waals surface area contributed by atoms with Gasteiger partial charge in [-0.15, -0.1) is 0 Å². The molecule has 0 radical (unpaired) electrons. The highest BCUT2D eigenvalue weighted by Crippen LogP contribution is 2.30. The maximum atomic E-state index is 13.6. The van der Waals surface area contributed by atoms with Gasteiger partial charge >= 0.3 is 0 Å². The number of hydrazone groups is 1. The van der Waals surface area contributed by atoms with E-state index in [1.165, 1.54) is 38.6 Å². The predicted molar refractivity (Wildman–Crippen MR) is 157 cm³/mol. The minimum atomic E-state index is -4.07. The Hall–Kier alpha value is -4.67. The Morgan fingerprint density at radius 2 is 1.51 bits per heavy atom. The fraction of sp³-hybridized carbons (Fsp3) is 0.161. The summed E-state index contributed by atoms with van der Waals surface area (Å²) >= 11 is 0. The lowest BCUT2D eigenvalue weighted by molar-refractivity contribution is -0.121. The van der Waals surface area contributed by atoms with Crippen molar-refractivity contribution in [2.75, 3.05) is 27.3 Å². The summed E-state index contributed by atoms with van der Waals surface area (Å²) < 4.78 is 44.7. The highest BCUT2D eigenvalue weighted by molar-refractivity contribution is 7.89. The van der Waals surface area contributed by atoms with Crippen molar-refractivity contribution >= 4 is 22.1 Å². The zero-order chi connectivity index (χ0) is 29.1. The average molecular weight is 574 g/mol. The van der Waals surface area contributed by atoms with E-state index in [1.54, 1.807) is 12.1 Å². The van der Waals surface area contributed by atoms with E-state index >= 15 is 0 Å². The Morgan fingerprint density at radius 3 is 2.22 bits per heavy atom. The summed E-state index contributed by atoms with van der Waals surface area (Å²) in [5.41, 5.74) is 4.07. The normalized spacial score (nSPS) is 11.4. The molecule has 10 heteroatoms. The minimum Gasteiger partial charge on any atom is -0.493 e. The number of sulfonamides is 1. The summed E-state index contributed by atoms with van der Waals surface area (Å²) in [4.78, 5) is 12.8. The number of nitrogens with one attached hydrogen (secondary N) is 1. The van der Waals surface area contributed by atoms with Crippen molar-refractivity contribution in [1.29, 1.82) is 0 Å². The average Bonchev–Trinajstić information content (AvgIpc) is 3.00. The quantitative estimate of drug-likeness (QED) is 0.181. The van der Waals surface area contributed by atoms with E-state index < -0.39 is 22.5 Å². The van der Waals surface area contributed by atoms with E-state index in [1.807, 2.05) is 72.8 Å². The number of benzene rings is 4. The smallest absolute Gasteiger partial charge is 0.255 e. The molecule has 0 unspecified atom stereocenters. The lowest BCUT2D eigenvalue weighted by Crippen LogP contribution is -2.40. The number of hydrogen-bond acceptors (Lipinski definition) is 7. The fourth-order valence-electron chi connectivity index (χ4n) is 3.97. The van der Waals surface area contributed by atoms with E-state index in [4.69, 9.17) is 14.2 Å². The Morgan fingerprint density at radius 1 is 0.829 bits per heavy atom. The number of methoxy groups -OCH3 is 2. The van der Waals surface area contributed by atoms with Crippen molar-refractivity contribution in [3.8, 4) is 23.0 Å². The van der Waals surface area contributed by atoms with E-state index in [-0.39, 0.29) is 17.2 Å². The molecule has 0 saturated carbocycles. The van der Waals surface area contributed by atoms with Gasteiger partial charge in [-0.2, -0.15) is 9.41 Å². The van der Waals surface area contributed by atoms with Crippen LogP contribution in [0.15, 0.2) is 113 Å². The van der Waals surface area contributed by atoms with E-state index in [0.29, 0.717) is 29.2 Å². The van der Waals surface area contributed by atoms with Gasteiger partial charge in [0.15, 0.2) is 11.5 Å². The number of amides is 1. The molecule has 0 bridgehead atoms. The molecule has 1 amide bonds. The van der Waals surface area contributed by atoms with Crippen LogP contribution >= 0.6 is 0 Å². The number of para-hydroxylation sites is 1. The predicted octanol–water partition coefficient (Wildman–Crippen LogP) is 4.88. The molecule has 212 valence electrons. The first-order chi connectivity index (χ1) is 19.9. The van der Waals surface area contributed by atoms with Crippen molar-refractivity contribution in [2.45, 2.75) is 11.3 Å². The van der Waals surface area contributed by atoms with Gasteiger partial charge in [-0.1, -0.05) is 60.7 Å². The van der Waals surface area contributed by atoms with Crippen LogP contribution in [0.25, 0.3) is 0 Å². The number of carbonyl (C=O) groups excluding carboxylic acids is 1. The van der Waals surface area contributed by atoms with Crippen molar-refractivity contribution in [1.82, 2.24) is 9.73 Å². The Labute approximate surface area is 240 Å². The molecule has 0 aliphatic heterocycles. The molecule has 0 aliphatic rings. The number of nitrogens with zero attached hydrogens (tertiary/aromatic N) is 2. The van der Waals surface area contributed by atoms with Gasteiger partial charge < -0.3 is 14.2 Å². The summed E-state index contributed by atoms with van der Waals surface area (Å²) in [6.45, 7) is -0.352. The van der Waals surface area contributed by atoms with Gasteiger partial charge in [0.25, 0.3) is 5.91 Å². The van der Waals surface area contributed by atoms with Gasteiger partial charge in [0.05, 0.1) is 31.9 Å². The van der Waals surface area contributed by atoms with Crippen LogP contribution in [0.3, 0.4) is 0 Å². The molecule has 0 aliphatic carbocycles. The molecule has 0 atom stereocenters. The van der Waals surface area contributed by atoms with Crippen molar-refractivity contribution in [3.63, 3.8) is 0 Å². The number of ether oxygens (including phenoxy) is 3. The van der Waals surface area contributed by atoms with E-state index in [2.05, 4.69) is 10.5 Å². The second kappa shape index (κ2) is 14.1. The standard InChI is InChI=1S/C31H31N3O6S/c1-38-29-17-16-28(21-30(29)39-2)41(36,37)34(19-18-24-10-5-3-6-11-24)23-31(35)33-32-22-25-12-9-15-27(20-25)40-26-13-7-4-8-14-26/h3-17,20-22H,18-19,23H2,1-2H3,(H,33,35)/b32-22-. The monoisotopic (exact) mass is 573 g/mol. The van der Waals surface area contributed by atoms with Crippen LogP contribution in [0.2, 0.25) is 0 Å². The van der Waals surface area contributed by atoms with Crippen LogP contribution in [-0.4, -0.2) is 52.2 Å². The van der Waals surface area contributed by atoms with E-state index in [0.717, 1.165) is 9.87 Å². The van der Waals surface area contributed by atoms with Crippen LogP contribution in [0, 0.1) is 0 Å². The molecule has 0 aromatic heterocycles. The first-order valence-electron chi connectivity index (χ1n) is 12.8. The molecule has 4 aromatic rings. The van der Waals surface area contributed by atoms with Crippen LogP contribution in [-0.2, 0) is 21.2 Å². The molecule has 4 aromatic carbocycles. The summed E-state index contributed by atoms with van der Waals surface area (Å²) in [6.07, 6.45) is 1.88. The second-order valence-electron chi connectivity index (χ2n) is 8.87. The fourth-order valence-corrected chi connectivity index (χ4v) is 5.38. The first-order valence-corrected chi connectivity index (χ1v) is 14.2. The third-order valence-corrected chi connectivity index (χ3v) is 7.89. The molecule has 0 spiro atoms. The highest BCUT2D eigenvalue weighted by atomic mass is 32.2. The van der Waals surface area contributed by atoms with Gasteiger partial charge in [-0.3, -0.25) is 4.79 Å². The lowest BCUT2D eigenvalue weighted by Gasteiger charge is -2.22. The number of hydrogen-bond donors (Lipinski definition) is 1. The first kappa shape index (κ1) is 29.3. The van der Waals surface area contributed by atoms with Crippen molar-refractivity contribution in [3.05, 3.63) is 114 Å². The third kappa shape index (κ3) is 8.17. The molecular formula is C31H31N3O6S. The largest absolute Gasteiger partial charge is 0.493 e. The molecule has 1 N–H and O–H groups in total. The third-order valence-electron chi connectivity index (χ3n) is 6.05. The Bertz CT molecular complexity index is 1580. The maximum absolute atomic E-state index is 13.6. The molecule has 0 saturated heterocycles. The molecular weight excluding hydrogens is 542 g/mol. The van der Waals surface area contributed by atoms with Gasteiger partial charge in [-0.25, -0.2) is 13.8 Å². The lowest BCUT2D eigenvalue weighted by atomic mass is 10.1. The van der Waals surface area contributed by atoms with Crippen molar-refractivity contribution < 1.29 is 27.4 Å². The molecule has 0 fully saturated rings. The van der Waals surface area contributed by atoms with Crippen LogP contribution in [0.5, 0.6) is 23.0 Å². The summed E-state index contributed by atoms with van der Waals surface area (Å²) in [5.74, 6) is 1.38. The van der Waals surface area contributed by atoms with Gasteiger partial charge in [0.1, 0.15) is 11.5 Å². The zero-order valence-corrected chi connectivity index (χ0v) is 23.6. The minimum absolute atomic E-state index is 0.0188. The summed E-state index contributed by atoms with van der Waals surface area (Å²) in [6, 6.07) is 30.3. The van der Waals surface area contributed by atoms with Crippen LogP contribution in [0.4, 0.5) is 0 Å². The second-order valence-corrected chi connectivity index (χ2v) is 10.8. The molecule has 0 heterocycles. The van der Waals surface area contributed by atoms with Crippen LogP contribution < -0.4 is 19.6 Å². The van der Waals surface area contributed by atoms with Gasteiger partial charge in [-0.05, 0) is 53.9 Å². The molecule has 9 nitrogen and oxygen atoms in total. The number of rotatable bonds is 13. The highest BCUT2D eigenvalue weighted by Gasteiger charge is 2.27. The van der Waals surface area contributed by atoms with Crippen LogP contribution in [0.1, 0.15) is 11.1 Å². The molecule has 41 heavy (non-hydrogen) atoms. The van der Waals surface area contributed by atoms with Crippen molar-refractivity contribution in [2.24, 2.45) is 5.10 Å². The topological polar surface area (TPSA) is 107 Å². The maximum Gasteiger partial charge on any atom is 0.255 e. The van der Waals surface area contributed by atoms with Gasteiger partial charge in [0.2, 0.25) is 10.0 Å². The summed E-state index contributed by atoms with van der Waals surface area (Å²) in [7, 11) is -1.17. The van der Waals surface area contributed by atoms with Gasteiger partial charge in [0, 0.05) is 12.6 Å². The molecule has 4 rings (SSSR count). The number of carbonyl (C=O) groups is 1. The Balaban J connectivity index is 1.47. The Kier molecular flexibility index (Phi) is 10.1. The SMILES string of the molecule is COc1ccc(S(=O)(=O)N(CCc2ccccc2)CC(=O)N/N=C\c2cccc(Oc3ccccc3)c2)cc1OC.